The van der Waals surface area contributed by atoms with Crippen LogP contribution in [0.25, 0.3) is 10.4 Å². The zero-order valence-corrected chi connectivity index (χ0v) is 10.9. The van der Waals surface area contributed by atoms with E-state index in [1.165, 1.54) is 20.9 Å². The summed E-state index contributed by atoms with van der Waals surface area (Å²) in [5, 5.41) is 0. The number of rotatable bonds is 3. The Morgan fingerprint density at radius 2 is 1.33 bits per heavy atom. The lowest BCUT2D eigenvalue weighted by Gasteiger charge is -1.98. The molecule has 0 saturated heterocycles. The molecule has 0 nitrogen and oxygen atoms in total. The molecule has 3 aromatic rings. The van der Waals surface area contributed by atoms with Gasteiger partial charge >= 0.3 is 0 Å². The standard InChI is InChI=1S/C17H14S/c1-3-7-14(8-4-1)13-16-11-12-17(18-16)15-9-5-2-6-10-15/h1-12H,13H2. The Morgan fingerprint density at radius 3 is 2.06 bits per heavy atom. The van der Waals surface area contributed by atoms with Crippen molar-refractivity contribution in [2.75, 3.05) is 0 Å². The van der Waals surface area contributed by atoms with E-state index in [9.17, 15) is 0 Å². The van der Waals surface area contributed by atoms with Crippen molar-refractivity contribution < 1.29 is 0 Å². The largest absolute Gasteiger partial charge is 0.140 e. The summed E-state index contributed by atoms with van der Waals surface area (Å²) in [6.45, 7) is 0. The van der Waals surface area contributed by atoms with Gasteiger partial charge < -0.3 is 0 Å². The minimum atomic E-state index is 1.03. The first kappa shape index (κ1) is 11.2. The highest BCUT2D eigenvalue weighted by atomic mass is 32.1. The molecule has 18 heavy (non-hydrogen) atoms. The summed E-state index contributed by atoms with van der Waals surface area (Å²) < 4.78 is 0. The first-order valence-corrected chi connectivity index (χ1v) is 6.91. The van der Waals surface area contributed by atoms with Gasteiger partial charge in [0.2, 0.25) is 0 Å². The zero-order valence-electron chi connectivity index (χ0n) is 10.0. The van der Waals surface area contributed by atoms with Crippen molar-refractivity contribution in [1.29, 1.82) is 0 Å². The van der Waals surface area contributed by atoms with Gasteiger partial charge in [0.25, 0.3) is 0 Å². The molecule has 1 heterocycles. The minimum Gasteiger partial charge on any atom is -0.140 e. The molecule has 0 atom stereocenters. The fourth-order valence-electron chi connectivity index (χ4n) is 2.03. The van der Waals surface area contributed by atoms with Gasteiger partial charge in [-0.15, -0.1) is 11.3 Å². The molecule has 88 valence electrons. The zero-order chi connectivity index (χ0) is 12.2. The van der Waals surface area contributed by atoms with E-state index in [0.29, 0.717) is 0 Å². The molecule has 0 amide bonds. The van der Waals surface area contributed by atoms with E-state index in [2.05, 4.69) is 72.8 Å². The topological polar surface area (TPSA) is 0 Å². The molecule has 0 radical (unpaired) electrons. The molecule has 1 heteroatoms. The Balaban J connectivity index is 1.82. The van der Waals surface area contributed by atoms with Gasteiger partial charge in [0, 0.05) is 16.2 Å². The molecule has 0 N–H and O–H groups in total. The second-order valence-corrected chi connectivity index (χ2v) is 5.46. The SMILES string of the molecule is c1ccc(Cc2ccc(-c3ccccc3)s2)cc1. The lowest BCUT2D eigenvalue weighted by atomic mass is 10.1. The third kappa shape index (κ3) is 2.52. The Bertz CT molecular complexity index is 608. The number of benzene rings is 2. The van der Waals surface area contributed by atoms with Crippen molar-refractivity contribution in [3.8, 4) is 10.4 Å². The molecule has 0 fully saturated rings. The Hall–Kier alpha value is -1.86. The van der Waals surface area contributed by atoms with Crippen LogP contribution in [0.3, 0.4) is 0 Å². The van der Waals surface area contributed by atoms with Crippen LogP contribution in [0.1, 0.15) is 10.4 Å². The Kier molecular flexibility index (Phi) is 3.24. The molecular formula is C17H14S. The van der Waals surface area contributed by atoms with Gasteiger partial charge in [-0.3, -0.25) is 0 Å². The van der Waals surface area contributed by atoms with Crippen LogP contribution in [0.15, 0.2) is 72.8 Å². The molecule has 0 bridgehead atoms. The van der Waals surface area contributed by atoms with E-state index in [1.54, 1.807) is 0 Å². The molecule has 0 spiro atoms. The van der Waals surface area contributed by atoms with Gasteiger partial charge in [0.1, 0.15) is 0 Å². The third-order valence-corrected chi connectivity index (χ3v) is 4.08. The van der Waals surface area contributed by atoms with Crippen LogP contribution < -0.4 is 0 Å². The summed E-state index contributed by atoms with van der Waals surface area (Å²) >= 11 is 1.88. The van der Waals surface area contributed by atoms with E-state index in [1.807, 2.05) is 11.3 Å². The van der Waals surface area contributed by atoms with E-state index in [0.717, 1.165) is 6.42 Å². The normalized spacial score (nSPS) is 10.4. The molecule has 1 aromatic heterocycles. The highest BCUT2D eigenvalue weighted by molar-refractivity contribution is 7.15. The van der Waals surface area contributed by atoms with E-state index >= 15 is 0 Å². The van der Waals surface area contributed by atoms with Gasteiger partial charge in [-0.25, -0.2) is 0 Å². The van der Waals surface area contributed by atoms with Crippen LogP contribution in [-0.2, 0) is 6.42 Å². The fraction of sp³-hybridized carbons (Fsp3) is 0.0588. The Labute approximate surface area is 112 Å². The summed E-state index contributed by atoms with van der Waals surface area (Å²) in [6, 6.07) is 25.6. The van der Waals surface area contributed by atoms with Gasteiger partial charge in [0.15, 0.2) is 0 Å². The quantitative estimate of drug-likeness (QED) is 0.613. The monoisotopic (exact) mass is 250 g/mol. The molecule has 0 aliphatic rings. The lowest BCUT2D eigenvalue weighted by Crippen LogP contribution is -1.81. The highest BCUT2D eigenvalue weighted by Gasteiger charge is 2.03. The maximum Gasteiger partial charge on any atom is 0.0345 e. The first-order chi connectivity index (χ1) is 8.92. The molecular weight excluding hydrogens is 236 g/mol. The van der Waals surface area contributed by atoms with E-state index in [4.69, 9.17) is 0 Å². The van der Waals surface area contributed by atoms with Gasteiger partial charge in [0.05, 0.1) is 0 Å². The summed E-state index contributed by atoms with van der Waals surface area (Å²) in [7, 11) is 0. The number of hydrogen-bond donors (Lipinski definition) is 0. The molecule has 0 aliphatic carbocycles. The van der Waals surface area contributed by atoms with Gasteiger partial charge in [-0.05, 0) is 23.3 Å². The van der Waals surface area contributed by atoms with Crippen LogP contribution in [0.2, 0.25) is 0 Å². The number of hydrogen-bond acceptors (Lipinski definition) is 1. The predicted molar refractivity (Wildman–Crippen MR) is 79.0 cm³/mol. The summed E-state index contributed by atoms with van der Waals surface area (Å²) in [6.07, 6.45) is 1.03. The summed E-state index contributed by atoms with van der Waals surface area (Å²) in [5.74, 6) is 0. The van der Waals surface area contributed by atoms with Crippen LogP contribution in [0.4, 0.5) is 0 Å². The van der Waals surface area contributed by atoms with Crippen LogP contribution >= 0.6 is 11.3 Å². The van der Waals surface area contributed by atoms with Crippen molar-refractivity contribution in [2.45, 2.75) is 6.42 Å². The predicted octanol–water partition coefficient (Wildman–Crippen LogP) is 5.01. The van der Waals surface area contributed by atoms with Crippen molar-refractivity contribution >= 4 is 11.3 Å². The van der Waals surface area contributed by atoms with Gasteiger partial charge in [-0.2, -0.15) is 0 Å². The van der Waals surface area contributed by atoms with Crippen molar-refractivity contribution in [3.05, 3.63) is 83.2 Å². The molecule has 0 unspecified atom stereocenters. The van der Waals surface area contributed by atoms with E-state index < -0.39 is 0 Å². The van der Waals surface area contributed by atoms with Gasteiger partial charge in [-0.1, -0.05) is 60.7 Å². The smallest absolute Gasteiger partial charge is 0.0345 e. The summed E-state index contributed by atoms with van der Waals surface area (Å²) in [4.78, 5) is 2.77. The van der Waals surface area contributed by atoms with Crippen LogP contribution in [-0.4, -0.2) is 0 Å². The third-order valence-electron chi connectivity index (χ3n) is 2.94. The molecule has 0 aliphatic heterocycles. The second-order valence-electron chi connectivity index (χ2n) is 4.29. The van der Waals surface area contributed by atoms with Crippen molar-refractivity contribution in [1.82, 2.24) is 0 Å². The lowest BCUT2D eigenvalue weighted by molar-refractivity contribution is 1.24. The van der Waals surface area contributed by atoms with Crippen LogP contribution in [0.5, 0.6) is 0 Å². The highest BCUT2D eigenvalue weighted by Crippen LogP contribution is 2.29. The average Bonchev–Trinajstić information content (AvgIpc) is 2.89. The average molecular weight is 250 g/mol. The second kappa shape index (κ2) is 5.19. The van der Waals surface area contributed by atoms with Crippen LogP contribution in [0, 0.1) is 0 Å². The molecule has 2 aromatic carbocycles. The number of thiophene rings is 1. The maximum absolute atomic E-state index is 2.24. The minimum absolute atomic E-state index is 1.03. The molecule has 0 saturated carbocycles. The summed E-state index contributed by atoms with van der Waals surface area (Å²) in [5.41, 5.74) is 2.68. The molecule has 3 rings (SSSR count). The van der Waals surface area contributed by atoms with Crippen molar-refractivity contribution in [3.63, 3.8) is 0 Å². The fourth-order valence-corrected chi connectivity index (χ4v) is 3.07. The Morgan fingerprint density at radius 1 is 0.667 bits per heavy atom. The van der Waals surface area contributed by atoms with Crippen molar-refractivity contribution in [2.24, 2.45) is 0 Å². The first-order valence-electron chi connectivity index (χ1n) is 6.10. The maximum atomic E-state index is 2.24. The van der Waals surface area contributed by atoms with E-state index in [-0.39, 0.29) is 0 Å².